The number of likely N-dealkylation sites (N-methyl/N-ethyl adjacent to an activating group) is 1. The first-order chi connectivity index (χ1) is 11.3. The van der Waals surface area contributed by atoms with Crippen LogP contribution in [-0.4, -0.2) is 48.0 Å². The Kier molecular flexibility index (Phi) is 5.93. The maximum atomic E-state index is 12.3. The molecule has 2 amide bonds. The highest BCUT2D eigenvalue weighted by Crippen LogP contribution is 2.26. The van der Waals surface area contributed by atoms with E-state index in [1.54, 1.807) is 24.3 Å². The Bertz CT molecular complexity index is 560. The molecule has 0 saturated heterocycles. The van der Waals surface area contributed by atoms with Crippen LogP contribution in [0, 0.1) is 0 Å². The second-order valence-corrected chi connectivity index (χ2v) is 5.92. The Morgan fingerprint density at radius 2 is 2.08 bits per heavy atom. The molecule has 1 fully saturated rings. The number of benzene rings is 1. The maximum Gasteiger partial charge on any atom is 0.416 e. The summed E-state index contributed by atoms with van der Waals surface area (Å²) in [7, 11) is 1.18. The number of hydrogen-bond donors (Lipinski definition) is 2. The van der Waals surface area contributed by atoms with Gasteiger partial charge in [0.2, 0.25) is 0 Å². The normalized spacial score (nSPS) is 16.7. The molecule has 0 radical (unpaired) electrons. The van der Waals surface area contributed by atoms with Crippen LogP contribution in [0.5, 0.6) is 5.75 Å². The Morgan fingerprint density at radius 1 is 1.42 bits per heavy atom. The third-order valence-electron chi connectivity index (χ3n) is 3.86. The molecule has 1 saturated carbocycles. The van der Waals surface area contributed by atoms with Crippen molar-refractivity contribution >= 4 is 11.7 Å². The molecular weight excluding hydrogens is 325 g/mol. The van der Waals surface area contributed by atoms with E-state index in [4.69, 9.17) is 9.84 Å². The molecule has 5 nitrogen and oxygen atoms in total. The quantitative estimate of drug-likeness (QED) is 0.859. The van der Waals surface area contributed by atoms with Crippen LogP contribution in [0.4, 0.5) is 23.7 Å². The summed E-state index contributed by atoms with van der Waals surface area (Å²) in [5.41, 5.74) is 0.420. The number of anilines is 1. The second kappa shape index (κ2) is 7.74. The van der Waals surface area contributed by atoms with Crippen molar-refractivity contribution in [3.8, 4) is 5.75 Å². The average Bonchev–Trinajstić information content (AvgIpc) is 2.99. The number of amides is 2. The minimum absolute atomic E-state index is 0.167. The number of ether oxygens (including phenoxy) is 1. The summed E-state index contributed by atoms with van der Waals surface area (Å²) in [5, 5.41) is 11.5. The van der Waals surface area contributed by atoms with Gasteiger partial charge >= 0.3 is 12.2 Å². The van der Waals surface area contributed by atoms with Gasteiger partial charge in [-0.15, -0.1) is 0 Å². The summed E-state index contributed by atoms with van der Waals surface area (Å²) >= 11 is 0. The Hall–Kier alpha value is -1.96. The zero-order valence-electron chi connectivity index (χ0n) is 13.3. The topological polar surface area (TPSA) is 61.8 Å². The van der Waals surface area contributed by atoms with Crippen LogP contribution in [0.1, 0.15) is 25.7 Å². The lowest BCUT2D eigenvalue weighted by molar-refractivity contribution is -0.205. The van der Waals surface area contributed by atoms with Gasteiger partial charge in [-0.05, 0) is 37.8 Å². The molecule has 2 N–H and O–H groups in total. The molecule has 1 aromatic rings. The van der Waals surface area contributed by atoms with Gasteiger partial charge in [0.25, 0.3) is 0 Å². The number of aliphatic hydroxyl groups excluding tert-OH is 1. The maximum absolute atomic E-state index is 12.3. The SMILES string of the molecule is CN(CC(O)C(F)(F)F)C(=O)Nc1cccc(OC2CCCC2)c1. The van der Waals surface area contributed by atoms with Crippen molar-refractivity contribution in [2.24, 2.45) is 0 Å². The first kappa shape index (κ1) is 18.4. The van der Waals surface area contributed by atoms with Crippen LogP contribution in [0.25, 0.3) is 0 Å². The molecule has 1 aliphatic rings. The second-order valence-electron chi connectivity index (χ2n) is 5.92. The number of alkyl halides is 3. The largest absolute Gasteiger partial charge is 0.490 e. The van der Waals surface area contributed by atoms with Gasteiger partial charge in [-0.2, -0.15) is 13.2 Å². The van der Waals surface area contributed by atoms with Crippen molar-refractivity contribution in [1.82, 2.24) is 4.90 Å². The summed E-state index contributed by atoms with van der Waals surface area (Å²) < 4.78 is 42.8. The van der Waals surface area contributed by atoms with E-state index in [1.807, 2.05) is 0 Å². The monoisotopic (exact) mass is 346 g/mol. The van der Waals surface area contributed by atoms with E-state index < -0.39 is 24.9 Å². The summed E-state index contributed by atoms with van der Waals surface area (Å²) in [6.45, 7) is -0.840. The van der Waals surface area contributed by atoms with E-state index in [-0.39, 0.29) is 6.10 Å². The van der Waals surface area contributed by atoms with Gasteiger partial charge in [-0.25, -0.2) is 4.79 Å². The van der Waals surface area contributed by atoms with Crippen molar-refractivity contribution in [3.05, 3.63) is 24.3 Å². The van der Waals surface area contributed by atoms with Crippen molar-refractivity contribution in [3.63, 3.8) is 0 Å². The fourth-order valence-electron chi connectivity index (χ4n) is 2.51. The van der Waals surface area contributed by atoms with Gasteiger partial charge in [0.1, 0.15) is 5.75 Å². The Morgan fingerprint density at radius 3 is 2.71 bits per heavy atom. The van der Waals surface area contributed by atoms with Crippen molar-refractivity contribution in [2.45, 2.75) is 44.1 Å². The van der Waals surface area contributed by atoms with E-state index in [1.165, 1.54) is 7.05 Å². The minimum Gasteiger partial charge on any atom is -0.490 e. The predicted molar refractivity (Wildman–Crippen MR) is 83.0 cm³/mol. The van der Waals surface area contributed by atoms with Gasteiger partial charge in [0.05, 0.1) is 12.6 Å². The van der Waals surface area contributed by atoms with E-state index in [0.29, 0.717) is 11.4 Å². The van der Waals surface area contributed by atoms with Gasteiger partial charge in [0, 0.05) is 18.8 Å². The molecule has 0 aromatic heterocycles. The molecule has 0 heterocycles. The van der Waals surface area contributed by atoms with Crippen LogP contribution in [0.15, 0.2) is 24.3 Å². The average molecular weight is 346 g/mol. The number of halogens is 3. The third kappa shape index (κ3) is 5.30. The van der Waals surface area contributed by atoms with Gasteiger partial charge in [-0.3, -0.25) is 0 Å². The first-order valence-electron chi connectivity index (χ1n) is 7.79. The first-order valence-corrected chi connectivity index (χ1v) is 7.79. The fraction of sp³-hybridized carbons (Fsp3) is 0.562. The van der Waals surface area contributed by atoms with Gasteiger partial charge in [-0.1, -0.05) is 6.07 Å². The number of nitrogens with one attached hydrogen (secondary N) is 1. The Labute approximate surface area is 138 Å². The highest BCUT2D eigenvalue weighted by Gasteiger charge is 2.39. The number of aliphatic hydroxyl groups is 1. The van der Waals surface area contributed by atoms with Crippen LogP contribution in [0.2, 0.25) is 0 Å². The minimum atomic E-state index is -4.76. The molecular formula is C16H21F3N2O3. The van der Waals surface area contributed by atoms with Crippen molar-refractivity contribution in [2.75, 3.05) is 18.9 Å². The van der Waals surface area contributed by atoms with E-state index in [0.717, 1.165) is 30.6 Å². The zero-order chi connectivity index (χ0) is 17.7. The standard InChI is InChI=1S/C16H21F3N2O3/c1-21(10-14(22)16(17,18)19)15(23)20-11-5-4-8-13(9-11)24-12-6-2-3-7-12/h4-5,8-9,12,14,22H,2-3,6-7,10H2,1H3,(H,20,23). The third-order valence-corrected chi connectivity index (χ3v) is 3.86. The summed E-state index contributed by atoms with van der Waals surface area (Å²) in [6, 6.07) is 5.98. The highest BCUT2D eigenvalue weighted by molar-refractivity contribution is 5.89. The van der Waals surface area contributed by atoms with Crippen molar-refractivity contribution < 1.29 is 27.8 Å². The molecule has 1 atom stereocenters. The number of hydrogen-bond acceptors (Lipinski definition) is 3. The van der Waals surface area contributed by atoms with Gasteiger partial charge in [0.15, 0.2) is 6.10 Å². The highest BCUT2D eigenvalue weighted by atomic mass is 19.4. The molecule has 0 aliphatic heterocycles. The van der Waals surface area contributed by atoms with E-state index in [2.05, 4.69) is 5.32 Å². The number of carbonyl (C=O) groups excluding carboxylic acids is 1. The molecule has 134 valence electrons. The molecule has 1 aromatic carbocycles. The molecule has 0 spiro atoms. The molecule has 2 rings (SSSR count). The number of nitrogens with zero attached hydrogens (tertiary/aromatic N) is 1. The van der Waals surface area contributed by atoms with E-state index >= 15 is 0 Å². The molecule has 0 bridgehead atoms. The van der Waals surface area contributed by atoms with Gasteiger partial charge < -0.3 is 20.1 Å². The number of carbonyl (C=O) groups is 1. The zero-order valence-corrected chi connectivity index (χ0v) is 13.3. The molecule has 1 aliphatic carbocycles. The van der Waals surface area contributed by atoms with Crippen LogP contribution < -0.4 is 10.1 Å². The number of rotatable bonds is 5. The van der Waals surface area contributed by atoms with E-state index in [9.17, 15) is 18.0 Å². The van der Waals surface area contributed by atoms with Crippen molar-refractivity contribution in [1.29, 1.82) is 0 Å². The number of urea groups is 1. The smallest absolute Gasteiger partial charge is 0.416 e. The van der Waals surface area contributed by atoms with Crippen LogP contribution >= 0.6 is 0 Å². The fourth-order valence-corrected chi connectivity index (χ4v) is 2.51. The van der Waals surface area contributed by atoms with Crippen LogP contribution in [-0.2, 0) is 0 Å². The summed E-state index contributed by atoms with van der Waals surface area (Å²) in [4.78, 5) is 12.7. The Balaban J connectivity index is 1.91. The molecule has 1 unspecified atom stereocenters. The summed E-state index contributed by atoms with van der Waals surface area (Å²) in [6.07, 6.45) is -2.92. The molecule has 8 heteroatoms. The van der Waals surface area contributed by atoms with Crippen LogP contribution in [0.3, 0.4) is 0 Å². The lowest BCUT2D eigenvalue weighted by atomic mass is 10.2. The molecule has 24 heavy (non-hydrogen) atoms. The predicted octanol–water partition coefficient (Wildman–Crippen LogP) is 3.39. The lowest BCUT2D eigenvalue weighted by Gasteiger charge is -2.23. The summed E-state index contributed by atoms with van der Waals surface area (Å²) in [5.74, 6) is 0.609. The lowest BCUT2D eigenvalue weighted by Crippen LogP contribution is -2.43.